The van der Waals surface area contributed by atoms with Crippen LogP contribution in [0.3, 0.4) is 0 Å². The van der Waals surface area contributed by atoms with Gasteiger partial charge < -0.3 is 10.6 Å². The Hall–Kier alpha value is -1.36. The molecule has 0 spiro atoms. The Labute approximate surface area is 122 Å². The molecule has 1 rings (SSSR count). The van der Waals surface area contributed by atoms with Gasteiger partial charge in [-0.2, -0.15) is 5.10 Å². The number of aromatic nitrogens is 2. The number of amides is 1. The highest BCUT2D eigenvalue weighted by atomic mass is 16.1. The number of nitrogens with one attached hydrogen (secondary N) is 2. The van der Waals surface area contributed by atoms with E-state index in [1.165, 1.54) is 5.69 Å². The lowest BCUT2D eigenvalue weighted by Crippen LogP contribution is -2.34. The zero-order chi connectivity index (χ0) is 15.0. The van der Waals surface area contributed by atoms with Crippen LogP contribution >= 0.6 is 0 Å². The van der Waals surface area contributed by atoms with Crippen LogP contribution in [0.25, 0.3) is 0 Å². The molecule has 1 atom stereocenters. The van der Waals surface area contributed by atoms with Crippen molar-refractivity contribution >= 4 is 5.91 Å². The minimum atomic E-state index is 0.116. The van der Waals surface area contributed by atoms with E-state index in [1.807, 2.05) is 11.6 Å². The van der Waals surface area contributed by atoms with Gasteiger partial charge in [0.05, 0.1) is 11.4 Å². The van der Waals surface area contributed by atoms with Gasteiger partial charge in [-0.1, -0.05) is 13.8 Å². The van der Waals surface area contributed by atoms with Crippen LogP contribution in [0, 0.1) is 0 Å². The Kier molecular flexibility index (Phi) is 7.30. The summed E-state index contributed by atoms with van der Waals surface area (Å²) in [5, 5.41) is 10.8. The van der Waals surface area contributed by atoms with E-state index < -0.39 is 0 Å². The van der Waals surface area contributed by atoms with E-state index in [0.717, 1.165) is 31.6 Å². The summed E-state index contributed by atoms with van der Waals surface area (Å²) in [6.45, 7) is 10.6. The number of nitrogens with zero attached hydrogens (tertiary/aromatic N) is 2. The van der Waals surface area contributed by atoms with Crippen molar-refractivity contribution in [3.05, 3.63) is 17.5 Å². The predicted octanol–water partition coefficient (Wildman–Crippen LogP) is 1.86. The first-order valence-electron chi connectivity index (χ1n) is 7.66. The number of aryl methyl sites for hydroxylation is 2. The van der Waals surface area contributed by atoms with Crippen LogP contribution in [0.15, 0.2) is 6.07 Å². The van der Waals surface area contributed by atoms with Crippen molar-refractivity contribution in [2.24, 2.45) is 0 Å². The van der Waals surface area contributed by atoms with Crippen molar-refractivity contribution < 1.29 is 4.79 Å². The maximum Gasteiger partial charge on any atom is 0.221 e. The van der Waals surface area contributed by atoms with Gasteiger partial charge in [-0.3, -0.25) is 9.48 Å². The van der Waals surface area contributed by atoms with Crippen LogP contribution in [0.4, 0.5) is 0 Å². The third-order valence-corrected chi connectivity index (χ3v) is 3.43. The van der Waals surface area contributed by atoms with Gasteiger partial charge in [0.15, 0.2) is 0 Å². The Bertz CT molecular complexity index is 414. The van der Waals surface area contributed by atoms with Crippen molar-refractivity contribution in [3.8, 4) is 0 Å². The zero-order valence-corrected chi connectivity index (χ0v) is 13.2. The molecule has 1 heterocycles. The number of carbonyl (C=O) groups is 1. The lowest BCUT2D eigenvalue weighted by molar-refractivity contribution is -0.121. The van der Waals surface area contributed by atoms with Crippen molar-refractivity contribution in [1.29, 1.82) is 0 Å². The molecule has 5 nitrogen and oxygen atoms in total. The number of hydrogen-bond acceptors (Lipinski definition) is 3. The molecule has 0 saturated carbocycles. The number of hydrogen-bond donors (Lipinski definition) is 2. The van der Waals surface area contributed by atoms with Gasteiger partial charge >= 0.3 is 0 Å². The van der Waals surface area contributed by atoms with Gasteiger partial charge in [-0.25, -0.2) is 0 Å². The number of carbonyl (C=O) groups excluding carboxylic acids is 1. The highest BCUT2D eigenvalue weighted by molar-refractivity contribution is 5.76. The Morgan fingerprint density at radius 3 is 2.75 bits per heavy atom. The standard InChI is InChI=1S/C15H28N4O/c1-5-12(4)17-15(20)8-9-16-11-14-10-13(6-2)18-19(14)7-3/h10,12,16H,5-9,11H2,1-4H3,(H,17,20). The zero-order valence-electron chi connectivity index (χ0n) is 13.2. The van der Waals surface area contributed by atoms with Crippen LogP contribution in [0.5, 0.6) is 0 Å². The van der Waals surface area contributed by atoms with Crippen LogP contribution in [-0.4, -0.2) is 28.3 Å². The Morgan fingerprint density at radius 2 is 2.15 bits per heavy atom. The molecule has 5 heteroatoms. The van der Waals surface area contributed by atoms with Crippen molar-refractivity contribution in [2.75, 3.05) is 6.54 Å². The quantitative estimate of drug-likeness (QED) is 0.679. The first-order chi connectivity index (χ1) is 9.60. The molecule has 0 radical (unpaired) electrons. The van der Waals surface area contributed by atoms with E-state index in [4.69, 9.17) is 0 Å². The molecule has 0 fully saturated rings. The van der Waals surface area contributed by atoms with E-state index in [9.17, 15) is 4.79 Å². The van der Waals surface area contributed by atoms with E-state index in [0.29, 0.717) is 13.0 Å². The summed E-state index contributed by atoms with van der Waals surface area (Å²) in [5.74, 6) is 0.116. The lowest BCUT2D eigenvalue weighted by atomic mass is 10.2. The second-order valence-electron chi connectivity index (χ2n) is 5.10. The van der Waals surface area contributed by atoms with Crippen LogP contribution in [-0.2, 0) is 24.3 Å². The molecule has 1 aromatic heterocycles. The molecule has 0 aromatic carbocycles. The summed E-state index contributed by atoms with van der Waals surface area (Å²) in [4.78, 5) is 11.6. The first kappa shape index (κ1) is 16.7. The van der Waals surface area contributed by atoms with Gasteiger partial charge in [-0.05, 0) is 32.8 Å². The molecule has 2 N–H and O–H groups in total. The topological polar surface area (TPSA) is 59.0 Å². The van der Waals surface area contributed by atoms with Gasteiger partial charge in [0.1, 0.15) is 0 Å². The molecular weight excluding hydrogens is 252 g/mol. The fourth-order valence-electron chi connectivity index (χ4n) is 1.97. The largest absolute Gasteiger partial charge is 0.354 e. The third kappa shape index (κ3) is 5.33. The summed E-state index contributed by atoms with van der Waals surface area (Å²) in [5.41, 5.74) is 2.31. The average molecular weight is 280 g/mol. The minimum Gasteiger partial charge on any atom is -0.354 e. The van der Waals surface area contributed by atoms with Crippen molar-refractivity contribution in [2.45, 2.75) is 66.1 Å². The molecule has 0 bridgehead atoms. The molecular formula is C15H28N4O. The Balaban J connectivity index is 2.30. The second-order valence-corrected chi connectivity index (χ2v) is 5.10. The van der Waals surface area contributed by atoms with Gasteiger partial charge in [-0.15, -0.1) is 0 Å². The number of rotatable bonds is 9. The molecule has 0 aliphatic carbocycles. The monoisotopic (exact) mass is 280 g/mol. The normalized spacial score (nSPS) is 12.4. The highest BCUT2D eigenvalue weighted by Crippen LogP contribution is 2.05. The summed E-state index contributed by atoms with van der Waals surface area (Å²) in [7, 11) is 0. The average Bonchev–Trinajstić information content (AvgIpc) is 2.85. The maximum absolute atomic E-state index is 11.6. The summed E-state index contributed by atoms with van der Waals surface area (Å²) in [6, 6.07) is 2.39. The molecule has 1 unspecified atom stereocenters. The van der Waals surface area contributed by atoms with E-state index in [-0.39, 0.29) is 11.9 Å². The molecule has 0 aliphatic heterocycles. The summed E-state index contributed by atoms with van der Waals surface area (Å²) in [6.07, 6.45) is 2.44. The first-order valence-corrected chi connectivity index (χ1v) is 7.66. The summed E-state index contributed by atoms with van der Waals surface area (Å²) < 4.78 is 2.02. The minimum absolute atomic E-state index is 0.116. The van der Waals surface area contributed by atoms with Gasteiger partial charge in [0, 0.05) is 32.1 Å². The van der Waals surface area contributed by atoms with Crippen molar-refractivity contribution in [1.82, 2.24) is 20.4 Å². The maximum atomic E-state index is 11.6. The van der Waals surface area contributed by atoms with E-state index >= 15 is 0 Å². The van der Waals surface area contributed by atoms with Gasteiger partial charge in [0.2, 0.25) is 5.91 Å². The van der Waals surface area contributed by atoms with Crippen molar-refractivity contribution in [3.63, 3.8) is 0 Å². The third-order valence-electron chi connectivity index (χ3n) is 3.43. The SMILES string of the molecule is CCc1cc(CNCCC(=O)NC(C)CC)n(CC)n1. The molecule has 20 heavy (non-hydrogen) atoms. The van der Waals surface area contributed by atoms with Crippen LogP contribution in [0.1, 0.15) is 51.9 Å². The molecule has 0 aliphatic rings. The Morgan fingerprint density at radius 1 is 1.40 bits per heavy atom. The van der Waals surface area contributed by atoms with Gasteiger partial charge in [0.25, 0.3) is 0 Å². The second kappa shape index (κ2) is 8.74. The van der Waals surface area contributed by atoms with E-state index in [2.05, 4.69) is 42.6 Å². The van der Waals surface area contributed by atoms with Crippen LogP contribution in [0.2, 0.25) is 0 Å². The molecule has 1 aromatic rings. The molecule has 0 saturated heterocycles. The smallest absolute Gasteiger partial charge is 0.221 e. The highest BCUT2D eigenvalue weighted by Gasteiger charge is 2.07. The molecule has 114 valence electrons. The van der Waals surface area contributed by atoms with Crippen LogP contribution < -0.4 is 10.6 Å². The predicted molar refractivity (Wildman–Crippen MR) is 81.5 cm³/mol. The van der Waals surface area contributed by atoms with E-state index in [1.54, 1.807) is 0 Å². The lowest BCUT2D eigenvalue weighted by Gasteiger charge is -2.11. The summed E-state index contributed by atoms with van der Waals surface area (Å²) >= 11 is 0. The fraction of sp³-hybridized carbons (Fsp3) is 0.733. The fourth-order valence-corrected chi connectivity index (χ4v) is 1.97. The molecule has 1 amide bonds.